The van der Waals surface area contributed by atoms with Crippen molar-refractivity contribution in [1.29, 1.82) is 5.26 Å². The summed E-state index contributed by atoms with van der Waals surface area (Å²) >= 11 is 1.13. The summed E-state index contributed by atoms with van der Waals surface area (Å²) < 4.78 is 28.4. The molecular formula is C17H22N8O3S2. The van der Waals surface area contributed by atoms with E-state index in [-0.39, 0.29) is 29.0 Å². The van der Waals surface area contributed by atoms with Gasteiger partial charge in [0.05, 0.1) is 16.7 Å². The maximum atomic E-state index is 12.8. The third kappa shape index (κ3) is 5.08. The number of amides is 1. The molecule has 1 aliphatic rings. The van der Waals surface area contributed by atoms with Gasteiger partial charge in [0.15, 0.2) is 5.16 Å². The molecule has 0 spiro atoms. The van der Waals surface area contributed by atoms with E-state index >= 15 is 0 Å². The number of anilines is 2. The summed E-state index contributed by atoms with van der Waals surface area (Å²) in [5.74, 6) is -0.155. The normalized spacial score (nSPS) is 15.6. The van der Waals surface area contributed by atoms with Gasteiger partial charge in [-0.3, -0.25) is 9.36 Å². The van der Waals surface area contributed by atoms with E-state index in [1.807, 2.05) is 13.1 Å². The molecule has 1 fully saturated rings. The van der Waals surface area contributed by atoms with E-state index < -0.39 is 10.0 Å². The van der Waals surface area contributed by atoms with Crippen molar-refractivity contribution in [2.45, 2.75) is 16.6 Å². The molecule has 0 bridgehead atoms. The molecule has 3 N–H and O–H groups in total. The first-order valence-corrected chi connectivity index (χ1v) is 11.5. The number of nitrogens with one attached hydrogen (secondary N) is 1. The van der Waals surface area contributed by atoms with Gasteiger partial charge in [0.1, 0.15) is 6.54 Å². The van der Waals surface area contributed by atoms with Gasteiger partial charge in [-0.05, 0) is 31.3 Å². The largest absolute Gasteiger partial charge is 0.368 e. The van der Waals surface area contributed by atoms with E-state index in [9.17, 15) is 13.2 Å². The number of likely N-dealkylation sites (N-methyl/N-ethyl adjacent to an activating group) is 1. The summed E-state index contributed by atoms with van der Waals surface area (Å²) in [4.78, 5) is 14.6. The Balaban J connectivity index is 1.64. The van der Waals surface area contributed by atoms with Gasteiger partial charge in [-0.1, -0.05) is 11.8 Å². The molecule has 11 nitrogen and oxygen atoms in total. The molecule has 0 radical (unpaired) electrons. The molecule has 0 unspecified atom stereocenters. The lowest BCUT2D eigenvalue weighted by atomic mass is 10.3. The van der Waals surface area contributed by atoms with Crippen molar-refractivity contribution >= 4 is 39.3 Å². The quantitative estimate of drug-likeness (QED) is 0.558. The van der Waals surface area contributed by atoms with Gasteiger partial charge in [-0.2, -0.15) is 9.57 Å². The van der Waals surface area contributed by atoms with E-state index in [1.54, 1.807) is 12.1 Å². The minimum Gasteiger partial charge on any atom is -0.368 e. The first-order chi connectivity index (χ1) is 14.3. The van der Waals surface area contributed by atoms with Crippen molar-refractivity contribution < 1.29 is 13.2 Å². The number of benzene rings is 1. The summed E-state index contributed by atoms with van der Waals surface area (Å²) in [5.41, 5.74) is 6.19. The monoisotopic (exact) mass is 450 g/mol. The number of carbonyl (C=O) groups excluding carboxylic acids is 1. The number of nitrogens with two attached hydrogens (primary N) is 1. The Bertz CT molecular complexity index is 1040. The molecular weight excluding hydrogens is 428 g/mol. The van der Waals surface area contributed by atoms with Crippen molar-refractivity contribution in [2.24, 2.45) is 0 Å². The zero-order valence-corrected chi connectivity index (χ0v) is 18.0. The lowest BCUT2D eigenvalue weighted by molar-refractivity contribution is -0.116. The number of hydrogen-bond acceptors (Lipinski definition) is 9. The van der Waals surface area contributed by atoms with Crippen LogP contribution in [0.15, 0.2) is 34.3 Å². The number of nitriles is 1. The van der Waals surface area contributed by atoms with Crippen molar-refractivity contribution in [3.8, 4) is 6.07 Å². The predicted octanol–water partition coefficient (Wildman–Crippen LogP) is 0.0508. The van der Waals surface area contributed by atoms with Crippen LogP contribution in [-0.2, 0) is 21.4 Å². The van der Waals surface area contributed by atoms with Crippen LogP contribution >= 0.6 is 11.8 Å². The number of hydrogen-bond donors (Lipinski definition) is 2. The lowest BCUT2D eigenvalue weighted by Crippen LogP contribution is -2.46. The topological polar surface area (TPSA) is 150 Å². The minimum atomic E-state index is -3.56. The lowest BCUT2D eigenvalue weighted by Gasteiger charge is -2.31. The van der Waals surface area contributed by atoms with Crippen LogP contribution in [-0.4, -0.2) is 77.3 Å². The smallest absolute Gasteiger partial charge is 0.244 e. The van der Waals surface area contributed by atoms with E-state index in [0.29, 0.717) is 37.0 Å². The first kappa shape index (κ1) is 22.0. The fourth-order valence-corrected chi connectivity index (χ4v) is 4.91. The number of sulfonamides is 1. The van der Waals surface area contributed by atoms with Crippen molar-refractivity contribution in [3.63, 3.8) is 0 Å². The standard InChI is InChI=1S/C17H22N8O3S2/c1-23-7-9-24(10-8-23)30(27,28)14-4-2-13(3-5-14)20-15(26)12-25-16(19)21-22-17(25)29-11-6-18/h2-5H,7-12H2,1H3,(H2,19,21)(H,20,26). The highest BCUT2D eigenvalue weighted by Crippen LogP contribution is 2.21. The van der Waals surface area contributed by atoms with Crippen LogP contribution in [0.2, 0.25) is 0 Å². The Morgan fingerprint density at radius 3 is 2.53 bits per heavy atom. The molecule has 0 atom stereocenters. The molecule has 160 valence electrons. The Labute approximate surface area is 178 Å². The number of carbonyl (C=O) groups is 1. The van der Waals surface area contributed by atoms with Crippen molar-refractivity contribution in [1.82, 2.24) is 24.0 Å². The molecule has 0 saturated carbocycles. The average Bonchev–Trinajstić information content (AvgIpc) is 3.06. The fraction of sp³-hybridized carbons (Fsp3) is 0.412. The molecule has 3 rings (SSSR count). The molecule has 0 aliphatic carbocycles. The highest BCUT2D eigenvalue weighted by atomic mass is 32.2. The van der Waals surface area contributed by atoms with E-state index in [4.69, 9.17) is 11.0 Å². The maximum Gasteiger partial charge on any atom is 0.244 e. The number of thioether (sulfide) groups is 1. The Hall–Kier alpha value is -2.66. The number of piperazine rings is 1. The maximum absolute atomic E-state index is 12.8. The van der Waals surface area contributed by atoms with Gasteiger partial charge < -0.3 is 16.0 Å². The Morgan fingerprint density at radius 2 is 1.90 bits per heavy atom. The average molecular weight is 451 g/mol. The summed E-state index contributed by atoms with van der Waals surface area (Å²) in [6.45, 7) is 2.14. The summed E-state index contributed by atoms with van der Waals surface area (Å²) in [6, 6.07) is 8.01. The van der Waals surface area contributed by atoms with Gasteiger partial charge in [0.25, 0.3) is 0 Å². The van der Waals surface area contributed by atoms with Crippen LogP contribution in [0.3, 0.4) is 0 Å². The summed E-state index contributed by atoms with van der Waals surface area (Å²) in [6.07, 6.45) is 0. The molecule has 1 aromatic heterocycles. The molecule has 1 amide bonds. The molecule has 1 aromatic carbocycles. The van der Waals surface area contributed by atoms with Gasteiger partial charge in [0, 0.05) is 31.9 Å². The zero-order valence-electron chi connectivity index (χ0n) is 16.4. The van der Waals surface area contributed by atoms with Crippen LogP contribution in [0, 0.1) is 11.3 Å². The SMILES string of the molecule is CN1CCN(S(=O)(=O)c2ccc(NC(=O)Cn3c(N)nnc3SCC#N)cc2)CC1. The molecule has 30 heavy (non-hydrogen) atoms. The van der Waals surface area contributed by atoms with E-state index in [1.165, 1.54) is 21.0 Å². The summed E-state index contributed by atoms with van der Waals surface area (Å²) in [5, 5.41) is 19.3. The molecule has 1 saturated heterocycles. The molecule has 13 heteroatoms. The Morgan fingerprint density at radius 1 is 1.23 bits per heavy atom. The van der Waals surface area contributed by atoms with E-state index in [2.05, 4.69) is 20.4 Å². The van der Waals surface area contributed by atoms with Crippen molar-refractivity contribution in [2.75, 3.05) is 50.0 Å². The minimum absolute atomic E-state index is 0.0687. The zero-order chi connectivity index (χ0) is 21.7. The first-order valence-electron chi connectivity index (χ1n) is 9.08. The van der Waals surface area contributed by atoms with Crippen LogP contribution < -0.4 is 11.1 Å². The third-order valence-corrected chi connectivity index (χ3v) is 7.30. The highest BCUT2D eigenvalue weighted by molar-refractivity contribution is 7.99. The van der Waals surface area contributed by atoms with Gasteiger partial charge >= 0.3 is 0 Å². The van der Waals surface area contributed by atoms with Crippen LogP contribution in [0.25, 0.3) is 0 Å². The second kappa shape index (κ2) is 9.43. The van der Waals surface area contributed by atoms with Gasteiger partial charge in [0.2, 0.25) is 21.9 Å². The van der Waals surface area contributed by atoms with Crippen LogP contribution in [0.4, 0.5) is 11.6 Å². The van der Waals surface area contributed by atoms with Crippen LogP contribution in [0.5, 0.6) is 0 Å². The van der Waals surface area contributed by atoms with Crippen LogP contribution in [0.1, 0.15) is 0 Å². The Kier molecular flexibility index (Phi) is 6.93. The fourth-order valence-electron chi connectivity index (χ4n) is 2.88. The number of nitrogens with zero attached hydrogens (tertiary/aromatic N) is 6. The third-order valence-electron chi connectivity index (χ3n) is 4.55. The highest BCUT2D eigenvalue weighted by Gasteiger charge is 2.27. The summed E-state index contributed by atoms with van der Waals surface area (Å²) in [7, 11) is -1.61. The second-order valence-electron chi connectivity index (χ2n) is 6.65. The number of aromatic nitrogens is 3. The van der Waals surface area contributed by atoms with Gasteiger partial charge in [-0.15, -0.1) is 10.2 Å². The number of rotatable bonds is 7. The predicted molar refractivity (Wildman–Crippen MR) is 112 cm³/mol. The van der Waals surface area contributed by atoms with Gasteiger partial charge in [-0.25, -0.2) is 8.42 Å². The molecule has 2 heterocycles. The van der Waals surface area contributed by atoms with E-state index in [0.717, 1.165) is 11.8 Å². The molecule has 1 aliphatic heterocycles. The molecule has 2 aromatic rings. The number of nitrogen functional groups attached to an aromatic ring is 1. The van der Waals surface area contributed by atoms with Crippen molar-refractivity contribution in [3.05, 3.63) is 24.3 Å². The second-order valence-corrected chi connectivity index (χ2v) is 9.53.